The Hall–Kier alpha value is -1.54. The summed E-state index contributed by atoms with van der Waals surface area (Å²) >= 11 is 11.9. The molecule has 3 rings (SSSR count). The van der Waals surface area contributed by atoms with Gasteiger partial charge in [0.2, 0.25) is 15.9 Å². The van der Waals surface area contributed by atoms with Crippen molar-refractivity contribution in [1.29, 1.82) is 0 Å². The summed E-state index contributed by atoms with van der Waals surface area (Å²) in [6.45, 7) is 1.12. The van der Waals surface area contributed by atoms with Gasteiger partial charge in [0.25, 0.3) is 0 Å². The number of halogens is 2. The van der Waals surface area contributed by atoms with Crippen LogP contribution in [0, 0.1) is 0 Å². The number of carbonyl (C=O) groups is 1. The van der Waals surface area contributed by atoms with Gasteiger partial charge in [-0.1, -0.05) is 23.2 Å². The molecule has 0 atom stereocenters. The van der Waals surface area contributed by atoms with Crippen LogP contribution in [-0.2, 0) is 21.2 Å². The normalized spacial score (nSPS) is 16.0. The summed E-state index contributed by atoms with van der Waals surface area (Å²) in [5.41, 5.74) is 0. The molecule has 6 nitrogen and oxygen atoms in total. The van der Waals surface area contributed by atoms with E-state index in [1.807, 2.05) is 6.07 Å². The van der Waals surface area contributed by atoms with Crippen molar-refractivity contribution in [2.75, 3.05) is 26.2 Å². The first-order chi connectivity index (χ1) is 12.4. The van der Waals surface area contributed by atoms with E-state index in [-0.39, 0.29) is 28.9 Å². The quantitative estimate of drug-likeness (QED) is 0.750. The first-order valence-corrected chi connectivity index (χ1v) is 10.3. The van der Waals surface area contributed by atoms with Crippen LogP contribution in [0.3, 0.4) is 0 Å². The van der Waals surface area contributed by atoms with Crippen LogP contribution in [0.5, 0.6) is 0 Å². The zero-order valence-electron chi connectivity index (χ0n) is 13.9. The summed E-state index contributed by atoms with van der Waals surface area (Å²) in [6.07, 6.45) is 2.44. The highest BCUT2D eigenvalue weighted by atomic mass is 35.5. The minimum Gasteiger partial charge on any atom is -0.469 e. The number of benzene rings is 1. The zero-order chi connectivity index (χ0) is 18.7. The van der Waals surface area contributed by atoms with Crippen LogP contribution >= 0.6 is 23.2 Å². The first-order valence-electron chi connectivity index (χ1n) is 8.13. The summed E-state index contributed by atoms with van der Waals surface area (Å²) in [4.78, 5) is 14.0. The number of sulfonamides is 1. The van der Waals surface area contributed by atoms with Gasteiger partial charge in [0.05, 0.1) is 11.3 Å². The Labute approximate surface area is 162 Å². The zero-order valence-corrected chi connectivity index (χ0v) is 16.2. The Bertz CT molecular complexity index is 876. The van der Waals surface area contributed by atoms with E-state index in [0.29, 0.717) is 31.0 Å². The Morgan fingerprint density at radius 2 is 1.85 bits per heavy atom. The van der Waals surface area contributed by atoms with Gasteiger partial charge >= 0.3 is 0 Å². The summed E-state index contributed by atoms with van der Waals surface area (Å²) in [5, 5.41) is 0.436. The van der Waals surface area contributed by atoms with Gasteiger partial charge in [-0.2, -0.15) is 4.31 Å². The van der Waals surface area contributed by atoms with Crippen molar-refractivity contribution in [3.63, 3.8) is 0 Å². The lowest BCUT2D eigenvalue weighted by molar-refractivity contribution is -0.132. The van der Waals surface area contributed by atoms with Gasteiger partial charge in [-0.15, -0.1) is 0 Å². The SMILES string of the molecule is O=C(CCc1ccco1)N1CCN(S(=O)(=O)c2cc(Cl)ccc2Cl)CC1. The molecule has 1 fully saturated rings. The predicted molar refractivity (Wildman–Crippen MR) is 98.8 cm³/mol. The van der Waals surface area contributed by atoms with Crippen LogP contribution in [-0.4, -0.2) is 49.7 Å². The molecule has 1 aliphatic rings. The van der Waals surface area contributed by atoms with Crippen LogP contribution in [0.4, 0.5) is 0 Å². The Morgan fingerprint density at radius 1 is 1.12 bits per heavy atom. The fourth-order valence-electron chi connectivity index (χ4n) is 2.83. The van der Waals surface area contributed by atoms with Crippen molar-refractivity contribution in [3.8, 4) is 0 Å². The second-order valence-electron chi connectivity index (χ2n) is 5.94. The summed E-state index contributed by atoms with van der Waals surface area (Å²) in [5.74, 6) is 0.745. The van der Waals surface area contributed by atoms with Crippen LogP contribution in [0.1, 0.15) is 12.2 Å². The third kappa shape index (κ3) is 4.23. The molecule has 1 aliphatic heterocycles. The second kappa shape index (κ2) is 8.00. The Kier molecular flexibility index (Phi) is 5.92. The molecular formula is C17H18Cl2N2O4S. The van der Waals surface area contributed by atoms with E-state index in [1.165, 1.54) is 16.4 Å². The van der Waals surface area contributed by atoms with E-state index in [9.17, 15) is 13.2 Å². The van der Waals surface area contributed by atoms with E-state index in [0.717, 1.165) is 5.76 Å². The maximum atomic E-state index is 12.8. The van der Waals surface area contributed by atoms with Crippen LogP contribution in [0.15, 0.2) is 45.9 Å². The van der Waals surface area contributed by atoms with E-state index in [1.54, 1.807) is 23.3 Å². The number of rotatable bonds is 5. The molecule has 140 valence electrons. The highest BCUT2D eigenvalue weighted by molar-refractivity contribution is 7.89. The molecule has 0 spiro atoms. The van der Waals surface area contributed by atoms with Crippen molar-refractivity contribution in [2.45, 2.75) is 17.7 Å². The molecule has 1 aromatic heterocycles. The average molecular weight is 417 g/mol. The topological polar surface area (TPSA) is 70.8 Å². The molecule has 1 amide bonds. The van der Waals surface area contributed by atoms with Crippen molar-refractivity contribution in [2.24, 2.45) is 0 Å². The number of piperazine rings is 1. The predicted octanol–water partition coefficient (Wildman–Crippen LogP) is 3.05. The van der Waals surface area contributed by atoms with Crippen LogP contribution in [0.2, 0.25) is 10.0 Å². The number of hydrogen-bond acceptors (Lipinski definition) is 4. The smallest absolute Gasteiger partial charge is 0.244 e. The lowest BCUT2D eigenvalue weighted by atomic mass is 10.2. The number of furan rings is 1. The van der Waals surface area contributed by atoms with Gasteiger partial charge in [-0.05, 0) is 30.3 Å². The van der Waals surface area contributed by atoms with Gasteiger partial charge in [0.1, 0.15) is 10.7 Å². The maximum Gasteiger partial charge on any atom is 0.244 e. The fraction of sp³-hybridized carbons (Fsp3) is 0.353. The number of aryl methyl sites for hydroxylation is 1. The molecule has 26 heavy (non-hydrogen) atoms. The molecule has 0 N–H and O–H groups in total. The van der Waals surface area contributed by atoms with E-state index in [2.05, 4.69) is 0 Å². The van der Waals surface area contributed by atoms with Crippen molar-refractivity contribution in [3.05, 3.63) is 52.4 Å². The fourth-order valence-corrected chi connectivity index (χ4v) is 4.99. The third-order valence-corrected chi connectivity index (χ3v) is 6.88. The minimum atomic E-state index is -3.75. The monoisotopic (exact) mass is 416 g/mol. The van der Waals surface area contributed by atoms with Crippen molar-refractivity contribution < 1.29 is 17.6 Å². The van der Waals surface area contributed by atoms with Gasteiger partial charge in [0, 0.05) is 44.0 Å². The molecule has 0 unspecified atom stereocenters. The largest absolute Gasteiger partial charge is 0.469 e. The van der Waals surface area contributed by atoms with Crippen molar-refractivity contribution >= 4 is 39.1 Å². The Balaban J connectivity index is 1.60. The first kappa shape index (κ1) is 19.2. The number of nitrogens with zero attached hydrogens (tertiary/aromatic N) is 2. The highest BCUT2D eigenvalue weighted by Crippen LogP contribution is 2.28. The molecule has 1 saturated heterocycles. The molecule has 2 heterocycles. The van der Waals surface area contributed by atoms with Gasteiger partial charge in [-0.25, -0.2) is 8.42 Å². The third-order valence-electron chi connectivity index (χ3n) is 4.27. The van der Waals surface area contributed by atoms with E-state index in [4.69, 9.17) is 27.6 Å². The van der Waals surface area contributed by atoms with Gasteiger partial charge < -0.3 is 9.32 Å². The Morgan fingerprint density at radius 3 is 2.50 bits per heavy atom. The molecule has 0 radical (unpaired) electrons. The number of carbonyl (C=O) groups excluding carboxylic acids is 1. The standard InChI is InChI=1S/C17H18Cl2N2O4S/c18-13-3-5-15(19)16(12-13)26(23,24)21-9-7-20(8-10-21)17(22)6-4-14-2-1-11-25-14/h1-3,5,11-12H,4,6-10H2. The lowest BCUT2D eigenvalue weighted by Gasteiger charge is -2.34. The molecular weight excluding hydrogens is 399 g/mol. The average Bonchev–Trinajstić information content (AvgIpc) is 3.15. The summed E-state index contributed by atoms with van der Waals surface area (Å²) in [6, 6.07) is 7.96. The second-order valence-corrected chi connectivity index (χ2v) is 8.69. The maximum absolute atomic E-state index is 12.8. The number of amides is 1. The van der Waals surface area contributed by atoms with Crippen LogP contribution < -0.4 is 0 Å². The van der Waals surface area contributed by atoms with Gasteiger partial charge in [-0.3, -0.25) is 4.79 Å². The molecule has 0 bridgehead atoms. The minimum absolute atomic E-state index is 0.00994. The van der Waals surface area contributed by atoms with Crippen LogP contribution in [0.25, 0.3) is 0 Å². The van der Waals surface area contributed by atoms with Crippen molar-refractivity contribution in [1.82, 2.24) is 9.21 Å². The van der Waals surface area contributed by atoms with E-state index < -0.39 is 10.0 Å². The molecule has 0 aliphatic carbocycles. The molecule has 1 aromatic carbocycles. The van der Waals surface area contributed by atoms with E-state index >= 15 is 0 Å². The number of hydrogen-bond donors (Lipinski definition) is 0. The highest BCUT2D eigenvalue weighted by Gasteiger charge is 2.31. The molecule has 9 heteroatoms. The summed E-state index contributed by atoms with van der Waals surface area (Å²) in [7, 11) is -3.75. The molecule has 2 aromatic rings. The lowest BCUT2D eigenvalue weighted by Crippen LogP contribution is -2.50. The molecule has 0 saturated carbocycles. The van der Waals surface area contributed by atoms with Gasteiger partial charge in [0.15, 0.2) is 0 Å². The summed E-state index contributed by atoms with van der Waals surface area (Å²) < 4.78 is 32.1.